The first kappa shape index (κ1) is 22.6. The molecule has 166 valence electrons. The number of hydrogen-bond acceptors (Lipinski definition) is 5. The summed E-state index contributed by atoms with van der Waals surface area (Å²) in [4.78, 5) is 29.1. The zero-order chi connectivity index (χ0) is 22.1. The molecule has 1 heterocycles. The van der Waals surface area contributed by atoms with Gasteiger partial charge in [0.05, 0.1) is 13.2 Å². The topological polar surface area (TPSA) is 71.1 Å². The molecule has 2 amide bonds. The number of carbonyl (C=O) groups excluding carboxylic acids is 2. The summed E-state index contributed by atoms with van der Waals surface area (Å²) in [7, 11) is 0. The molecule has 0 atom stereocenters. The molecule has 0 saturated carbocycles. The zero-order valence-electron chi connectivity index (χ0n) is 18.3. The Morgan fingerprint density at radius 1 is 0.806 bits per heavy atom. The van der Waals surface area contributed by atoms with Crippen molar-refractivity contribution in [3.05, 3.63) is 59.7 Å². The monoisotopic (exact) mass is 425 g/mol. The number of benzene rings is 2. The molecule has 1 saturated heterocycles. The summed E-state index contributed by atoms with van der Waals surface area (Å²) in [5, 5.41) is 2.96. The van der Waals surface area contributed by atoms with Crippen LogP contribution in [0.2, 0.25) is 0 Å². The quantitative estimate of drug-likeness (QED) is 0.669. The summed E-state index contributed by atoms with van der Waals surface area (Å²) in [6.45, 7) is 9.34. The average Bonchev–Trinajstić information content (AvgIpc) is 2.80. The Bertz CT molecular complexity index is 841. The molecule has 0 aromatic heterocycles. The van der Waals surface area contributed by atoms with Crippen LogP contribution in [0.15, 0.2) is 48.5 Å². The predicted octanol–water partition coefficient (Wildman–Crippen LogP) is 2.67. The highest BCUT2D eigenvalue weighted by Crippen LogP contribution is 2.15. The van der Waals surface area contributed by atoms with Crippen molar-refractivity contribution < 1.29 is 19.1 Å². The molecule has 7 nitrogen and oxygen atoms in total. The van der Waals surface area contributed by atoms with E-state index < -0.39 is 0 Å². The third-order valence-electron chi connectivity index (χ3n) is 5.21. The molecule has 1 fully saturated rings. The first-order chi connectivity index (χ1) is 15.1. The molecular formula is C24H31N3O4. The maximum Gasteiger partial charge on any atom is 0.253 e. The minimum absolute atomic E-state index is 0.0477. The first-order valence-electron chi connectivity index (χ1n) is 10.9. The van der Waals surface area contributed by atoms with E-state index in [4.69, 9.17) is 9.47 Å². The minimum atomic E-state index is -0.0904. The van der Waals surface area contributed by atoms with E-state index in [-0.39, 0.29) is 11.8 Å². The molecule has 0 aliphatic carbocycles. The molecule has 0 unspecified atom stereocenters. The average molecular weight is 426 g/mol. The summed E-state index contributed by atoms with van der Waals surface area (Å²) >= 11 is 0. The molecule has 31 heavy (non-hydrogen) atoms. The van der Waals surface area contributed by atoms with Crippen molar-refractivity contribution in [3.8, 4) is 11.5 Å². The van der Waals surface area contributed by atoms with Gasteiger partial charge < -0.3 is 19.7 Å². The van der Waals surface area contributed by atoms with Crippen LogP contribution in [-0.2, 0) is 0 Å². The summed E-state index contributed by atoms with van der Waals surface area (Å²) in [5.74, 6) is 1.49. The molecule has 1 N–H and O–H groups in total. The Hall–Kier alpha value is -3.06. The van der Waals surface area contributed by atoms with Crippen LogP contribution < -0.4 is 14.8 Å². The Morgan fingerprint density at radius 2 is 1.32 bits per heavy atom. The smallest absolute Gasteiger partial charge is 0.253 e. The van der Waals surface area contributed by atoms with Crippen molar-refractivity contribution in [2.45, 2.75) is 13.8 Å². The lowest BCUT2D eigenvalue weighted by Crippen LogP contribution is -2.50. The number of rotatable bonds is 9. The van der Waals surface area contributed by atoms with Crippen LogP contribution in [0.4, 0.5) is 0 Å². The van der Waals surface area contributed by atoms with Gasteiger partial charge in [0.15, 0.2) is 0 Å². The van der Waals surface area contributed by atoms with Crippen molar-refractivity contribution in [2.24, 2.45) is 0 Å². The lowest BCUT2D eigenvalue weighted by molar-refractivity contribution is 0.0638. The van der Waals surface area contributed by atoms with Gasteiger partial charge in [-0.3, -0.25) is 14.5 Å². The third-order valence-corrected chi connectivity index (χ3v) is 5.21. The molecule has 0 bridgehead atoms. The molecule has 3 rings (SSSR count). The molecule has 1 aliphatic heterocycles. The van der Waals surface area contributed by atoms with Gasteiger partial charge in [0, 0.05) is 50.4 Å². The maximum atomic E-state index is 12.7. The van der Waals surface area contributed by atoms with Crippen molar-refractivity contribution in [3.63, 3.8) is 0 Å². The SMILES string of the molecule is CCOc1ccc(C(=O)NCCN2CCN(C(=O)c3ccc(OCC)cc3)CC2)cc1. The van der Waals surface area contributed by atoms with Crippen LogP contribution in [0.5, 0.6) is 11.5 Å². The van der Waals surface area contributed by atoms with E-state index in [1.54, 1.807) is 24.3 Å². The van der Waals surface area contributed by atoms with Gasteiger partial charge in [-0.2, -0.15) is 0 Å². The van der Waals surface area contributed by atoms with Gasteiger partial charge in [-0.05, 0) is 62.4 Å². The normalized spacial score (nSPS) is 14.2. The molecule has 2 aromatic carbocycles. The second-order valence-corrected chi connectivity index (χ2v) is 7.30. The molecule has 1 aliphatic rings. The number of ether oxygens (including phenoxy) is 2. The minimum Gasteiger partial charge on any atom is -0.494 e. The second-order valence-electron chi connectivity index (χ2n) is 7.30. The van der Waals surface area contributed by atoms with Gasteiger partial charge in [0.2, 0.25) is 0 Å². The van der Waals surface area contributed by atoms with Crippen molar-refractivity contribution in [1.29, 1.82) is 0 Å². The third kappa shape index (κ3) is 6.46. The van der Waals surface area contributed by atoms with E-state index in [1.807, 2.05) is 43.0 Å². The van der Waals surface area contributed by atoms with Crippen molar-refractivity contribution >= 4 is 11.8 Å². The van der Waals surface area contributed by atoms with E-state index in [9.17, 15) is 9.59 Å². The number of amides is 2. The fraction of sp³-hybridized carbons (Fsp3) is 0.417. The lowest BCUT2D eigenvalue weighted by Gasteiger charge is -2.34. The number of carbonyl (C=O) groups is 2. The van der Waals surface area contributed by atoms with Crippen LogP contribution in [0.3, 0.4) is 0 Å². The van der Waals surface area contributed by atoms with Crippen LogP contribution in [0.25, 0.3) is 0 Å². The number of nitrogens with zero attached hydrogens (tertiary/aromatic N) is 2. The summed E-state index contributed by atoms with van der Waals surface area (Å²) in [6, 6.07) is 14.4. The Kier molecular flexibility index (Phi) is 8.29. The predicted molar refractivity (Wildman–Crippen MR) is 120 cm³/mol. The summed E-state index contributed by atoms with van der Waals surface area (Å²) in [5.41, 5.74) is 1.30. The van der Waals surface area contributed by atoms with Gasteiger partial charge in [-0.1, -0.05) is 0 Å². The molecule has 2 aromatic rings. The molecule has 0 radical (unpaired) electrons. The van der Waals surface area contributed by atoms with Gasteiger partial charge in [0.25, 0.3) is 11.8 Å². The van der Waals surface area contributed by atoms with E-state index in [2.05, 4.69) is 10.2 Å². The van der Waals surface area contributed by atoms with Crippen molar-refractivity contribution in [1.82, 2.24) is 15.1 Å². The number of nitrogens with one attached hydrogen (secondary N) is 1. The van der Waals surface area contributed by atoms with Crippen molar-refractivity contribution in [2.75, 3.05) is 52.5 Å². The van der Waals surface area contributed by atoms with Gasteiger partial charge in [0.1, 0.15) is 11.5 Å². The van der Waals surface area contributed by atoms with Crippen LogP contribution in [0, 0.1) is 0 Å². The fourth-order valence-corrected chi connectivity index (χ4v) is 3.52. The van der Waals surface area contributed by atoms with Gasteiger partial charge >= 0.3 is 0 Å². The number of piperazine rings is 1. The highest BCUT2D eigenvalue weighted by atomic mass is 16.5. The molecule has 0 spiro atoms. The largest absolute Gasteiger partial charge is 0.494 e. The standard InChI is InChI=1S/C24H31N3O4/c1-3-30-21-9-5-19(6-10-21)23(28)25-13-14-26-15-17-27(18-16-26)24(29)20-7-11-22(12-8-20)31-4-2/h5-12H,3-4,13-18H2,1-2H3,(H,25,28). The van der Waals surface area contributed by atoms with E-state index in [1.165, 1.54) is 0 Å². The first-order valence-corrected chi connectivity index (χ1v) is 10.9. The zero-order valence-corrected chi connectivity index (χ0v) is 18.3. The summed E-state index contributed by atoms with van der Waals surface area (Å²) < 4.78 is 10.8. The highest BCUT2D eigenvalue weighted by molar-refractivity contribution is 5.94. The lowest BCUT2D eigenvalue weighted by atomic mass is 10.1. The highest BCUT2D eigenvalue weighted by Gasteiger charge is 2.22. The van der Waals surface area contributed by atoms with Crippen LogP contribution in [0.1, 0.15) is 34.6 Å². The van der Waals surface area contributed by atoms with E-state index in [0.29, 0.717) is 44.0 Å². The van der Waals surface area contributed by atoms with Gasteiger partial charge in [-0.25, -0.2) is 0 Å². The van der Waals surface area contributed by atoms with Crippen LogP contribution in [-0.4, -0.2) is 74.1 Å². The Labute approximate surface area is 183 Å². The molecular weight excluding hydrogens is 394 g/mol. The number of hydrogen-bond donors (Lipinski definition) is 1. The second kappa shape index (κ2) is 11.4. The Morgan fingerprint density at radius 3 is 1.84 bits per heavy atom. The van der Waals surface area contributed by atoms with E-state index in [0.717, 1.165) is 31.1 Å². The van der Waals surface area contributed by atoms with Gasteiger partial charge in [-0.15, -0.1) is 0 Å². The van der Waals surface area contributed by atoms with Crippen LogP contribution >= 0.6 is 0 Å². The molecule has 7 heteroatoms. The maximum absolute atomic E-state index is 12.7. The Balaban J connectivity index is 1.38. The van der Waals surface area contributed by atoms with E-state index >= 15 is 0 Å². The fourth-order valence-electron chi connectivity index (χ4n) is 3.52. The summed E-state index contributed by atoms with van der Waals surface area (Å²) in [6.07, 6.45) is 0.